The zero-order chi connectivity index (χ0) is 13.9. The predicted molar refractivity (Wildman–Crippen MR) is 83.7 cm³/mol. The molecule has 3 nitrogen and oxygen atoms in total. The van der Waals surface area contributed by atoms with Gasteiger partial charge in [0.15, 0.2) is 0 Å². The number of amides is 1. The summed E-state index contributed by atoms with van der Waals surface area (Å²) in [6, 6.07) is 15.9. The smallest absolute Gasteiger partial charge is 0.246 e. The minimum atomic E-state index is -0.258. The normalized spacial score (nSPS) is 16.9. The second kappa shape index (κ2) is 5.77. The highest BCUT2D eigenvalue weighted by atomic mass is 79.9. The summed E-state index contributed by atoms with van der Waals surface area (Å²) in [5.41, 5.74) is 3.18. The van der Waals surface area contributed by atoms with Crippen molar-refractivity contribution in [1.82, 2.24) is 5.32 Å². The first-order valence-electron chi connectivity index (χ1n) is 6.61. The van der Waals surface area contributed by atoms with E-state index in [1.807, 2.05) is 36.4 Å². The first kappa shape index (κ1) is 13.3. The molecule has 3 rings (SSSR count). The molecule has 0 saturated heterocycles. The summed E-state index contributed by atoms with van der Waals surface area (Å²) in [7, 11) is 0. The monoisotopic (exact) mass is 330 g/mol. The molecule has 1 heterocycles. The summed E-state index contributed by atoms with van der Waals surface area (Å²) < 4.78 is 0.989. The van der Waals surface area contributed by atoms with Crippen molar-refractivity contribution in [3.63, 3.8) is 0 Å². The lowest BCUT2D eigenvalue weighted by atomic mass is 10.1. The van der Waals surface area contributed by atoms with Crippen LogP contribution in [0, 0.1) is 0 Å². The number of carbonyl (C=O) groups is 1. The van der Waals surface area contributed by atoms with Gasteiger partial charge in [0.2, 0.25) is 5.91 Å². The third-order valence-corrected chi connectivity index (χ3v) is 3.94. The van der Waals surface area contributed by atoms with Crippen LogP contribution in [-0.4, -0.2) is 12.5 Å². The fourth-order valence-corrected chi connectivity index (χ4v) is 2.82. The standard InChI is InChI=1S/C16H15BrN2O/c17-12-6-7-14-13(10-12)15(16(20)19-14)18-9-8-11-4-2-1-3-5-11/h1-7,10,15,18H,8-9H2,(H,19,20). The number of hydrogen-bond acceptors (Lipinski definition) is 2. The molecule has 0 saturated carbocycles. The van der Waals surface area contributed by atoms with E-state index in [0.29, 0.717) is 0 Å². The van der Waals surface area contributed by atoms with Crippen molar-refractivity contribution in [3.8, 4) is 0 Å². The number of rotatable bonds is 4. The average Bonchev–Trinajstić information content (AvgIpc) is 2.76. The highest BCUT2D eigenvalue weighted by Crippen LogP contribution is 2.32. The van der Waals surface area contributed by atoms with Crippen molar-refractivity contribution in [1.29, 1.82) is 0 Å². The topological polar surface area (TPSA) is 41.1 Å². The van der Waals surface area contributed by atoms with Gasteiger partial charge in [0, 0.05) is 22.3 Å². The molecule has 2 N–H and O–H groups in total. The van der Waals surface area contributed by atoms with Crippen molar-refractivity contribution in [2.75, 3.05) is 11.9 Å². The van der Waals surface area contributed by atoms with Crippen LogP contribution in [0.25, 0.3) is 0 Å². The first-order valence-corrected chi connectivity index (χ1v) is 7.41. The lowest BCUT2D eigenvalue weighted by Gasteiger charge is -2.11. The van der Waals surface area contributed by atoms with E-state index in [-0.39, 0.29) is 11.9 Å². The van der Waals surface area contributed by atoms with Gasteiger partial charge in [-0.3, -0.25) is 4.79 Å². The Morgan fingerprint density at radius 1 is 1.15 bits per heavy atom. The molecule has 1 atom stereocenters. The Balaban J connectivity index is 1.66. The zero-order valence-corrected chi connectivity index (χ0v) is 12.5. The van der Waals surface area contributed by atoms with Crippen LogP contribution in [-0.2, 0) is 11.2 Å². The molecule has 0 radical (unpaired) electrons. The van der Waals surface area contributed by atoms with Gasteiger partial charge in [0.25, 0.3) is 0 Å². The summed E-state index contributed by atoms with van der Waals surface area (Å²) in [5, 5.41) is 6.23. The van der Waals surface area contributed by atoms with Crippen molar-refractivity contribution >= 4 is 27.5 Å². The van der Waals surface area contributed by atoms with Gasteiger partial charge in [-0.05, 0) is 30.2 Å². The number of nitrogens with one attached hydrogen (secondary N) is 2. The fourth-order valence-electron chi connectivity index (χ4n) is 2.44. The second-order valence-corrected chi connectivity index (χ2v) is 5.76. The number of hydrogen-bond donors (Lipinski definition) is 2. The molecule has 0 bridgehead atoms. The van der Waals surface area contributed by atoms with Gasteiger partial charge < -0.3 is 10.6 Å². The van der Waals surface area contributed by atoms with E-state index in [0.717, 1.165) is 28.7 Å². The van der Waals surface area contributed by atoms with E-state index in [1.165, 1.54) is 5.56 Å². The third kappa shape index (κ3) is 2.76. The van der Waals surface area contributed by atoms with Gasteiger partial charge in [0.1, 0.15) is 6.04 Å². The van der Waals surface area contributed by atoms with E-state index >= 15 is 0 Å². The largest absolute Gasteiger partial charge is 0.324 e. The predicted octanol–water partition coefficient (Wildman–Crippen LogP) is 3.27. The lowest BCUT2D eigenvalue weighted by Crippen LogP contribution is -2.29. The third-order valence-electron chi connectivity index (χ3n) is 3.45. The Morgan fingerprint density at radius 2 is 1.95 bits per heavy atom. The molecular weight excluding hydrogens is 316 g/mol. The van der Waals surface area contributed by atoms with E-state index in [1.54, 1.807) is 0 Å². The van der Waals surface area contributed by atoms with Gasteiger partial charge in [-0.2, -0.15) is 0 Å². The Labute approximate surface area is 126 Å². The van der Waals surface area contributed by atoms with E-state index in [9.17, 15) is 4.79 Å². The fraction of sp³-hybridized carbons (Fsp3) is 0.188. The van der Waals surface area contributed by atoms with Gasteiger partial charge >= 0.3 is 0 Å². The maximum Gasteiger partial charge on any atom is 0.246 e. The number of fused-ring (bicyclic) bond motifs is 1. The molecule has 102 valence electrons. The Morgan fingerprint density at radius 3 is 2.75 bits per heavy atom. The van der Waals surface area contributed by atoms with Gasteiger partial charge in [-0.1, -0.05) is 46.3 Å². The Bertz CT molecular complexity index is 628. The number of anilines is 1. The highest BCUT2D eigenvalue weighted by Gasteiger charge is 2.29. The second-order valence-electron chi connectivity index (χ2n) is 4.84. The molecule has 4 heteroatoms. The molecule has 1 aliphatic heterocycles. The molecule has 2 aromatic rings. The highest BCUT2D eigenvalue weighted by molar-refractivity contribution is 9.10. The molecular formula is C16H15BrN2O. The van der Waals surface area contributed by atoms with E-state index in [2.05, 4.69) is 38.7 Å². The minimum Gasteiger partial charge on any atom is -0.324 e. The molecule has 1 unspecified atom stereocenters. The quantitative estimate of drug-likeness (QED) is 0.903. The zero-order valence-electron chi connectivity index (χ0n) is 10.9. The van der Waals surface area contributed by atoms with Gasteiger partial charge in [0.05, 0.1) is 0 Å². The van der Waals surface area contributed by atoms with Crippen molar-refractivity contribution in [3.05, 3.63) is 64.1 Å². The lowest BCUT2D eigenvalue weighted by molar-refractivity contribution is -0.117. The first-order chi connectivity index (χ1) is 9.74. The number of halogens is 1. The van der Waals surface area contributed by atoms with Gasteiger partial charge in [-0.15, -0.1) is 0 Å². The maximum atomic E-state index is 12.0. The summed E-state index contributed by atoms with van der Waals surface area (Å²) >= 11 is 3.45. The van der Waals surface area contributed by atoms with Crippen LogP contribution < -0.4 is 10.6 Å². The molecule has 0 fully saturated rings. The van der Waals surface area contributed by atoms with E-state index in [4.69, 9.17) is 0 Å². The van der Waals surface area contributed by atoms with E-state index < -0.39 is 0 Å². The van der Waals surface area contributed by atoms with Crippen molar-refractivity contribution in [2.24, 2.45) is 0 Å². The molecule has 2 aromatic carbocycles. The maximum absolute atomic E-state index is 12.0. The molecule has 1 aliphatic rings. The average molecular weight is 331 g/mol. The molecule has 0 aliphatic carbocycles. The van der Waals surface area contributed by atoms with Crippen LogP contribution in [0.15, 0.2) is 53.0 Å². The number of benzene rings is 2. The van der Waals surface area contributed by atoms with Gasteiger partial charge in [-0.25, -0.2) is 0 Å². The summed E-state index contributed by atoms with van der Waals surface area (Å²) in [5.74, 6) is 0.0196. The molecule has 20 heavy (non-hydrogen) atoms. The van der Waals surface area contributed by atoms with Crippen LogP contribution in [0.1, 0.15) is 17.2 Å². The molecule has 0 spiro atoms. The van der Waals surface area contributed by atoms with Crippen molar-refractivity contribution in [2.45, 2.75) is 12.5 Å². The summed E-state index contributed by atoms with van der Waals surface area (Å²) in [4.78, 5) is 12.0. The number of carbonyl (C=O) groups excluding carboxylic acids is 1. The minimum absolute atomic E-state index is 0.0196. The van der Waals surface area contributed by atoms with Crippen LogP contribution >= 0.6 is 15.9 Å². The SMILES string of the molecule is O=C1Nc2ccc(Br)cc2C1NCCc1ccccc1. The Kier molecular flexibility index (Phi) is 3.85. The Hall–Kier alpha value is -1.65. The van der Waals surface area contributed by atoms with Crippen molar-refractivity contribution < 1.29 is 4.79 Å². The molecule has 0 aromatic heterocycles. The summed E-state index contributed by atoms with van der Waals surface area (Å²) in [6.45, 7) is 0.772. The van der Waals surface area contributed by atoms with Crippen LogP contribution in [0.4, 0.5) is 5.69 Å². The molecule has 1 amide bonds. The van der Waals surface area contributed by atoms with Crippen LogP contribution in [0.2, 0.25) is 0 Å². The summed E-state index contributed by atoms with van der Waals surface area (Å²) in [6.07, 6.45) is 0.911. The van der Waals surface area contributed by atoms with Crippen LogP contribution in [0.5, 0.6) is 0 Å². The van der Waals surface area contributed by atoms with Crippen LogP contribution in [0.3, 0.4) is 0 Å².